The number of aliphatic hydroxyl groups is 1. The SMILES string of the molecule is Cc1nc(CC(O)c2ccc(Br)c(Cl)c2F)cs1. The Balaban J connectivity index is 2.24. The first-order chi connectivity index (χ1) is 8.49. The topological polar surface area (TPSA) is 33.1 Å². The molecule has 1 atom stereocenters. The Morgan fingerprint density at radius 2 is 2.28 bits per heavy atom. The van der Waals surface area contributed by atoms with Crippen molar-refractivity contribution in [3.8, 4) is 0 Å². The van der Waals surface area contributed by atoms with E-state index in [9.17, 15) is 9.50 Å². The number of rotatable bonds is 3. The lowest BCUT2D eigenvalue weighted by atomic mass is 10.0. The van der Waals surface area contributed by atoms with E-state index < -0.39 is 11.9 Å². The van der Waals surface area contributed by atoms with Gasteiger partial charge in [0.1, 0.15) is 5.82 Å². The Labute approximate surface area is 122 Å². The van der Waals surface area contributed by atoms with Gasteiger partial charge in [0.15, 0.2) is 0 Å². The number of aliphatic hydroxyl groups excluding tert-OH is 1. The van der Waals surface area contributed by atoms with E-state index in [1.807, 2.05) is 12.3 Å². The Hall–Kier alpha value is -0.490. The van der Waals surface area contributed by atoms with Gasteiger partial charge in [-0.3, -0.25) is 0 Å². The summed E-state index contributed by atoms with van der Waals surface area (Å²) in [6, 6.07) is 3.14. The van der Waals surface area contributed by atoms with Gasteiger partial charge in [0, 0.05) is 21.8 Å². The molecule has 2 aromatic rings. The summed E-state index contributed by atoms with van der Waals surface area (Å²) < 4.78 is 14.4. The highest BCUT2D eigenvalue weighted by Crippen LogP contribution is 2.31. The number of hydrogen-bond acceptors (Lipinski definition) is 3. The maximum absolute atomic E-state index is 13.9. The lowest BCUT2D eigenvalue weighted by Crippen LogP contribution is -2.05. The first-order valence-corrected chi connectivity index (χ1v) is 7.26. The molecule has 0 saturated heterocycles. The minimum Gasteiger partial charge on any atom is -0.388 e. The van der Waals surface area contributed by atoms with Crippen molar-refractivity contribution in [3.63, 3.8) is 0 Å². The molecule has 0 spiro atoms. The fourth-order valence-electron chi connectivity index (χ4n) is 1.61. The summed E-state index contributed by atoms with van der Waals surface area (Å²) >= 11 is 10.4. The van der Waals surface area contributed by atoms with Crippen molar-refractivity contribution in [2.75, 3.05) is 0 Å². The average Bonchev–Trinajstić information content (AvgIpc) is 2.71. The molecule has 1 unspecified atom stereocenters. The number of thiazole rings is 1. The molecule has 1 N–H and O–H groups in total. The summed E-state index contributed by atoms with van der Waals surface area (Å²) in [5, 5.41) is 12.8. The van der Waals surface area contributed by atoms with Crippen molar-refractivity contribution in [3.05, 3.63) is 49.1 Å². The fraction of sp³-hybridized carbons (Fsp3) is 0.250. The van der Waals surface area contributed by atoms with Gasteiger partial charge in [-0.15, -0.1) is 11.3 Å². The van der Waals surface area contributed by atoms with E-state index in [4.69, 9.17) is 11.6 Å². The molecule has 0 aliphatic rings. The Bertz CT molecular complexity index is 575. The smallest absolute Gasteiger partial charge is 0.148 e. The molecule has 0 bridgehead atoms. The third kappa shape index (κ3) is 2.91. The van der Waals surface area contributed by atoms with Crippen molar-refractivity contribution in [2.45, 2.75) is 19.4 Å². The highest BCUT2D eigenvalue weighted by atomic mass is 79.9. The second-order valence-corrected chi connectivity index (χ2v) is 6.14. The summed E-state index contributed by atoms with van der Waals surface area (Å²) in [7, 11) is 0. The van der Waals surface area contributed by atoms with Crippen LogP contribution in [-0.2, 0) is 6.42 Å². The van der Waals surface area contributed by atoms with Crippen molar-refractivity contribution in [1.82, 2.24) is 4.98 Å². The van der Waals surface area contributed by atoms with Crippen LogP contribution in [0.3, 0.4) is 0 Å². The predicted molar refractivity (Wildman–Crippen MR) is 74.6 cm³/mol. The lowest BCUT2D eigenvalue weighted by molar-refractivity contribution is 0.172. The zero-order chi connectivity index (χ0) is 13.3. The molecule has 1 heterocycles. The van der Waals surface area contributed by atoms with E-state index >= 15 is 0 Å². The van der Waals surface area contributed by atoms with Gasteiger partial charge in [0.2, 0.25) is 0 Å². The van der Waals surface area contributed by atoms with Crippen LogP contribution in [0, 0.1) is 12.7 Å². The summed E-state index contributed by atoms with van der Waals surface area (Å²) in [6.07, 6.45) is -0.670. The van der Waals surface area contributed by atoms with Crippen LogP contribution in [0.15, 0.2) is 22.0 Å². The van der Waals surface area contributed by atoms with E-state index in [1.54, 1.807) is 6.07 Å². The fourth-order valence-corrected chi connectivity index (χ4v) is 2.71. The molecule has 0 aliphatic heterocycles. The number of aryl methyl sites for hydroxylation is 1. The van der Waals surface area contributed by atoms with Crippen LogP contribution in [0.25, 0.3) is 0 Å². The second-order valence-electron chi connectivity index (χ2n) is 3.84. The molecule has 0 amide bonds. The highest BCUT2D eigenvalue weighted by molar-refractivity contribution is 9.10. The molecule has 6 heteroatoms. The molecule has 2 nitrogen and oxygen atoms in total. The molecule has 18 heavy (non-hydrogen) atoms. The first-order valence-electron chi connectivity index (χ1n) is 5.21. The summed E-state index contributed by atoms with van der Waals surface area (Å²) in [5.74, 6) is -0.592. The van der Waals surface area contributed by atoms with E-state index in [2.05, 4.69) is 20.9 Å². The highest BCUT2D eigenvalue weighted by Gasteiger charge is 2.18. The summed E-state index contributed by atoms with van der Waals surface area (Å²) in [6.45, 7) is 1.89. The maximum Gasteiger partial charge on any atom is 0.148 e. The zero-order valence-electron chi connectivity index (χ0n) is 9.45. The first kappa shape index (κ1) is 13.9. The molecule has 1 aromatic heterocycles. The van der Waals surface area contributed by atoms with Gasteiger partial charge in [-0.2, -0.15) is 0 Å². The van der Waals surface area contributed by atoms with Crippen LogP contribution < -0.4 is 0 Å². The molecule has 0 saturated carbocycles. The lowest BCUT2D eigenvalue weighted by Gasteiger charge is -2.12. The standard InChI is InChI=1S/C12H10BrClFNOS/c1-6-16-7(5-18-6)4-10(17)8-2-3-9(13)11(14)12(8)15/h2-3,5,10,17H,4H2,1H3. The molecular weight excluding hydrogens is 341 g/mol. The molecule has 1 aromatic carbocycles. The molecule has 0 aliphatic carbocycles. The third-order valence-corrected chi connectivity index (χ3v) is 4.57. The van der Waals surface area contributed by atoms with Crippen molar-refractivity contribution < 1.29 is 9.50 Å². The van der Waals surface area contributed by atoms with Gasteiger partial charge in [-0.05, 0) is 28.9 Å². The van der Waals surface area contributed by atoms with Gasteiger partial charge < -0.3 is 5.11 Å². The second kappa shape index (κ2) is 5.65. The average molecular weight is 351 g/mol. The van der Waals surface area contributed by atoms with Crippen molar-refractivity contribution in [1.29, 1.82) is 0 Å². The van der Waals surface area contributed by atoms with Crippen molar-refractivity contribution in [2.24, 2.45) is 0 Å². The number of aromatic nitrogens is 1. The third-order valence-electron chi connectivity index (χ3n) is 2.49. The number of nitrogens with zero attached hydrogens (tertiary/aromatic N) is 1. The number of hydrogen-bond donors (Lipinski definition) is 1. The minimum atomic E-state index is -0.947. The molecular formula is C12H10BrClFNOS. The van der Waals surface area contributed by atoms with Crippen LogP contribution in [0.2, 0.25) is 5.02 Å². The van der Waals surface area contributed by atoms with Gasteiger partial charge in [-0.25, -0.2) is 9.37 Å². The van der Waals surface area contributed by atoms with Gasteiger partial charge in [0.05, 0.1) is 21.8 Å². The molecule has 96 valence electrons. The molecule has 2 rings (SSSR count). The summed E-state index contributed by atoms with van der Waals surface area (Å²) in [5.41, 5.74) is 0.942. The molecule has 0 fully saturated rings. The number of halogens is 3. The number of benzene rings is 1. The van der Waals surface area contributed by atoms with E-state index in [0.717, 1.165) is 10.7 Å². The Morgan fingerprint density at radius 1 is 1.56 bits per heavy atom. The predicted octanol–water partition coefficient (Wildman–Crippen LogP) is 4.28. The van der Waals surface area contributed by atoms with Gasteiger partial charge in [-0.1, -0.05) is 17.7 Å². The molecule has 0 radical (unpaired) electrons. The van der Waals surface area contributed by atoms with Crippen LogP contribution in [0.4, 0.5) is 4.39 Å². The van der Waals surface area contributed by atoms with Crippen LogP contribution in [-0.4, -0.2) is 10.1 Å². The van der Waals surface area contributed by atoms with E-state index in [0.29, 0.717) is 4.47 Å². The van der Waals surface area contributed by atoms with E-state index in [-0.39, 0.29) is 17.0 Å². The zero-order valence-corrected chi connectivity index (χ0v) is 12.6. The van der Waals surface area contributed by atoms with Crippen LogP contribution >= 0.6 is 38.9 Å². The van der Waals surface area contributed by atoms with Crippen LogP contribution in [0.1, 0.15) is 22.4 Å². The summed E-state index contributed by atoms with van der Waals surface area (Å²) in [4.78, 5) is 4.24. The maximum atomic E-state index is 13.9. The largest absolute Gasteiger partial charge is 0.388 e. The Kier molecular flexibility index (Phi) is 4.37. The van der Waals surface area contributed by atoms with Crippen molar-refractivity contribution >= 4 is 38.9 Å². The van der Waals surface area contributed by atoms with Gasteiger partial charge in [0.25, 0.3) is 0 Å². The normalized spacial score (nSPS) is 12.7. The van der Waals surface area contributed by atoms with Gasteiger partial charge >= 0.3 is 0 Å². The van der Waals surface area contributed by atoms with Crippen LogP contribution in [0.5, 0.6) is 0 Å². The quantitative estimate of drug-likeness (QED) is 0.838. The van der Waals surface area contributed by atoms with E-state index in [1.165, 1.54) is 17.4 Å². The monoisotopic (exact) mass is 349 g/mol. The Morgan fingerprint density at radius 3 is 2.89 bits per heavy atom. The minimum absolute atomic E-state index is 0.0130.